The van der Waals surface area contributed by atoms with Gasteiger partial charge in [0.15, 0.2) is 5.79 Å². The van der Waals surface area contributed by atoms with Crippen LogP contribution in [0.2, 0.25) is 0 Å². The molecule has 5 aromatic rings. The van der Waals surface area contributed by atoms with Crippen LogP contribution in [-0.2, 0) is 16.0 Å². The minimum absolute atomic E-state index is 0.224. The molecular weight excluding hydrogens is 556 g/mol. The Morgan fingerprint density at radius 2 is 1.59 bits per heavy atom. The molecule has 2 fully saturated rings. The first-order valence-electron chi connectivity index (χ1n) is 15.1. The standard InChI is InChI=1S/C35H36N4O5/c1-40-29-13-10-25(31(22-29)41-2)23-37-34-32-30(16-19-36-34)39(26-14-17-35(18-15-26)42-20-21-43-35)38-33(32)24-8-11-28(12-9-24)44-27-6-4-3-5-7-27/h3-13,16,19,22,26H,14-15,17-18,20-21,23H2,1-2H3,(H,36,37). The van der Waals surface area contributed by atoms with Crippen molar-refractivity contribution in [3.63, 3.8) is 0 Å². The number of ether oxygens (including phenoxy) is 5. The van der Waals surface area contributed by atoms with Gasteiger partial charge in [-0.1, -0.05) is 18.2 Å². The van der Waals surface area contributed by atoms with E-state index < -0.39 is 5.79 Å². The molecule has 1 saturated carbocycles. The van der Waals surface area contributed by atoms with Gasteiger partial charge in [-0.05, 0) is 67.4 Å². The number of pyridine rings is 1. The van der Waals surface area contributed by atoms with Gasteiger partial charge in [-0.3, -0.25) is 4.68 Å². The highest BCUT2D eigenvalue weighted by Crippen LogP contribution is 2.43. The Morgan fingerprint density at radius 1 is 0.864 bits per heavy atom. The Bertz CT molecular complexity index is 1720. The van der Waals surface area contributed by atoms with Crippen LogP contribution in [0.4, 0.5) is 5.82 Å². The highest BCUT2D eigenvalue weighted by Gasteiger charge is 2.41. The number of hydrogen-bond acceptors (Lipinski definition) is 8. The van der Waals surface area contributed by atoms with Gasteiger partial charge in [-0.15, -0.1) is 0 Å². The summed E-state index contributed by atoms with van der Waals surface area (Å²) in [4.78, 5) is 4.79. The van der Waals surface area contributed by atoms with Gasteiger partial charge in [0.1, 0.15) is 34.5 Å². The molecule has 3 heterocycles. The number of nitrogens with one attached hydrogen (secondary N) is 1. The van der Waals surface area contributed by atoms with Gasteiger partial charge in [0.2, 0.25) is 0 Å². The van der Waals surface area contributed by atoms with E-state index >= 15 is 0 Å². The monoisotopic (exact) mass is 592 g/mol. The lowest BCUT2D eigenvalue weighted by Crippen LogP contribution is -2.36. The van der Waals surface area contributed by atoms with Crippen LogP contribution in [0.5, 0.6) is 23.0 Å². The molecule has 7 rings (SSSR count). The summed E-state index contributed by atoms with van der Waals surface area (Å²) in [7, 11) is 3.32. The van der Waals surface area contributed by atoms with Crippen molar-refractivity contribution < 1.29 is 23.7 Å². The van der Waals surface area contributed by atoms with Gasteiger partial charge < -0.3 is 29.0 Å². The van der Waals surface area contributed by atoms with Crippen molar-refractivity contribution in [1.29, 1.82) is 0 Å². The van der Waals surface area contributed by atoms with E-state index in [4.69, 9.17) is 33.8 Å². The van der Waals surface area contributed by atoms with Gasteiger partial charge in [0.05, 0.1) is 44.4 Å². The van der Waals surface area contributed by atoms with E-state index in [0.717, 1.165) is 82.2 Å². The van der Waals surface area contributed by atoms with Gasteiger partial charge in [-0.25, -0.2) is 4.98 Å². The van der Waals surface area contributed by atoms with Crippen LogP contribution < -0.4 is 19.5 Å². The number of hydrogen-bond donors (Lipinski definition) is 1. The molecule has 1 aliphatic heterocycles. The van der Waals surface area contributed by atoms with E-state index in [2.05, 4.69) is 28.2 Å². The van der Waals surface area contributed by atoms with Crippen molar-refractivity contribution in [2.45, 2.75) is 44.1 Å². The lowest BCUT2D eigenvalue weighted by molar-refractivity contribution is -0.181. The predicted octanol–water partition coefficient (Wildman–Crippen LogP) is 7.38. The highest BCUT2D eigenvalue weighted by atomic mass is 16.7. The van der Waals surface area contributed by atoms with Crippen molar-refractivity contribution >= 4 is 16.7 Å². The second kappa shape index (κ2) is 12.2. The largest absolute Gasteiger partial charge is 0.497 e. The molecule has 2 aromatic heterocycles. The first kappa shape index (κ1) is 28.2. The Hall–Kier alpha value is -4.60. The molecule has 0 bridgehead atoms. The average Bonchev–Trinajstić information content (AvgIpc) is 3.70. The number of rotatable bonds is 9. The lowest BCUT2D eigenvalue weighted by Gasteiger charge is -2.35. The van der Waals surface area contributed by atoms with Crippen LogP contribution in [0.15, 0.2) is 85.1 Å². The van der Waals surface area contributed by atoms with Gasteiger partial charge in [0, 0.05) is 42.8 Å². The molecule has 0 unspecified atom stereocenters. The van der Waals surface area contributed by atoms with Gasteiger partial charge >= 0.3 is 0 Å². The van der Waals surface area contributed by atoms with Crippen LogP contribution in [0.25, 0.3) is 22.2 Å². The van der Waals surface area contributed by atoms with Crippen LogP contribution in [0.3, 0.4) is 0 Å². The second-order valence-electron chi connectivity index (χ2n) is 11.2. The summed E-state index contributed by atoms with van der Waals surface area (Å²) in [5.41, 5.74) is 3.90. The maximum atomic E-state index is 6.06. The van der Waals surface area contributed by atoms with Crippen LogP contribution in [0, 0.1) is 0 Å². The van der Waals surface area contributed by atoms with Crippen molar-refractivity contribution in [3.8, 4) is 34.3 Å². The molecule has 1 saturated heterocycles. The zero-order chi connectivity index (χ0) is 29.9. The minimum atomic E-state index is -0.428. The zero-order valence-corrected chi connectivity index (χ0v) is 25.0. The number of para-hydroxylation sites is 1. The van der Waals surface area contributed by atoms with Gasteiger partial charge in [0.25, 0.3) is 0 Å². The fourth-order valence-electron chi connectivity index (χ4n) is 6.26. The summed E-state index contributed by atoms with van der Waals surface area (Å²) in [5, 5.41) is 9.81. The van der Waals surface area contributed by atoms with E-state index in [1.165, 1.54) is 0 Å². The first-order valence-corrected chi connectivity index (χ1v) is 15.1. The lowest BCUT2D eigenvalue weighted by atomic mass is 9.90. The maximum absolute atomic E-state index is 6.06. The van der Waals surface area contributed by atoms with Crippen molar-refractivity contribution in [2.24, 2.45) is 0 Å². The van der Waals surface area contributed by atoms with E-state index in [9.17, 15) is 0 Å². The smallest absolute Gasteiger partial charge is 0.168 e. The molecule has 1 spiro atoms. The zero-order valence-electron chi connectivity index (χ0n) is 25.0. The number of benzene rings is 3. The molecule has 0 amide bonds. The summed E-state index contributed by atoms with van der Waals surface area (Å²) in [6, 6.07) is 26.0. The third-order valence-electron chi connectivity index (χ3n) is 8.54. The molecule has 3 aromatic carbocycles. The van der Waals surface area contributed by atoms with E-state index in [0.29, 0.717) is 19.8 Å². The Labute approximate surface area is 256 Å². The number of anilines is 1. The Balaban J connectivity index is 1.23. The normalized spacial score (nSPS) is 16.3. The highest BCUT2D eigenvalue weighted by molar-refractivity contribution is 6.01. The molecule has 226 valence electrons. The fraction of sp³-hybridized carbons (Fsp3) is 0.314. The second-order valence-corrected chi connectivity index (χ2v) is 11.2. The topological polar surface area (TPSA) is 88.9 Å². The van der Waals surface area contributed by atoms with Gasteiger partial charge in [-0.2, -0.15) is 5.10 Å². The summed E-state index contributed by atoms with van der Waals surface area (Å²) >= 11 is 0. The molecule has 1 aliphatic carbocycles. The Morgan fingerprint density at radius 3 is 2.32 bits per heavy atom. The fourth-order valence-corrected chi connectivity index (χ4v) is 6.26. The average molecular weight is 593 g/mol. The molecule has 9 nitrogen and oxygen atoms in total. The molecule has 0 radical (unpaired) electrons. The third kappa shape index (κ3) is 5.56. The number of nitrogens with zero attached hydrogens (tertiary/aromatic N) is 3. The minimum Gasteiger partial charge on any atom is -0.497 e. The molecular formula is C35H36N4O5. The third-order valence-corrected chi connectivity index (χ3v) is 8.54. The number of methoxy groups -OCH3 is 2. The van der Waals surface area contributed by atoms with E-state index in [-0.39, 0.29) is 6.04 Å². The quantitative estimate of drug-likeness (QED) is 0.190. The first-order chi connectivity index (χ1) is 21.6. The number of aromatic nitrogens is 3. The summed E-state index contributed by atoms with van der Waals surface area (Å²) in [6.45, 7) is 1.86. The summed E-state index contributed by atoms with van der Waals surface area (Å²) in [6.07, 6.45) is 5.41. The molecule has 44 heavy (non-hydrogen) atoms. The van der Waals surface area contributed by atoms with Crippen LogP contribution >= 0.6 is 0 Å². The number of fused-ring (bicyclic) bond motifs is 1. The Kier molecular flexibility index (Phi) is 7.80. The van der Waals surface area contributed by atoms with Crippen molar-refractivity contribution in [2.75, 3.05) is 32.8 Å². The summed E-state index contributed by atoms with van der Waals surface area (Å²) < 4.78 is 31.3. The molecule has 2 aliphatic rings. The molecule has 1 N–H and O–H groups in total. The van der Waals surface area contributed by atoms with E-state index in [1.807, 2.05) is 66.9 Å². The van der Waals surface area contributed by atoms with Crippen LogP contribution in [0.1, 0.15) is 37.3 Å². The van der Waals surface area contributed by atoms with Crippen molar-refractivity contribution in [1.82, 2.24) is 14.8 Å². The maximum Gasteiger partial charge on any atom is 0.168 e. The van der Waals surface area contributed by atoms with E-state index in [1.54, 1.807) is 14.2 Å². The molecule has 9 heteroatoms. The SMILES string of the molecule is COc1ccc(CNc2nccc3c2c(-c2ccc(Oc4ccccc4)cc2)nn3C2CCC3(CC2)OCCO3)c(OC)c1. The molecule has 0 atom stereocenters. The predicted molar refractivity (Wildman–Crippen MR) is 168 cm³/mol. The van der Waals surface area contributed by atoms with Crippen molar-refractivity contribution in [3.05, 3.63) is 90.6 Å². The van der Waals surface area contributed by atoms with Crippen LogP contribution in [-0.4, -0.2) is 48.0 Å². The summed E-state index contributed by atoms with van der Waals surface area (Å²) in [5.74, 6) is 3.40.